The third-order valence-electron chi connectivity index (χ3n) is 3.72. The molecule has 0 N–H and O–H groups in total. The minimum absolute atomic E-state index is 0.0430. The van der Waals surface area contributed by atoms with Crippen LogP contribution in [0.2, 0.25) is 0 Å². The Hall–Kier alpha value is -2.27. The fourth-order valence-corrected chi connectivity index (χ4v) is 3.11. The smallest absolute Gasteiger partial charge is 0.319 e. The maximum Gasteiger partial charge on any atom is 0.319 e. The van der Waals surface area contributed by atoms with Gasteiger partial charge >= 0.3 is 5.97 Å². The van der Waals surface area contributed by atoms with E-state index in [1.807, 2.05) is 38.1 Å². The number of aryl methyl sites for hydroxylation is 1. The molecule has 0 aliphatic heterocycles. The Morgan fingerprint density at radius 3 is 2.40 bits per heavy atom. The maximum absolute atomic E-state index is 12.3. The van der Waals surface area contributed by atoms with Gasteiger partial charge in [-0.25, -0.2) is 0 Å². The predicted octanol–water partition coefficient (Wildman–Crippen LogP) is 4.43. The Labute approximate surface area is 152 Å². The number of hydrogen-bond donors (Lipinski definition) is 0. The summed E-state index contributed by atoms with van der Waals surface area (Å²) in [5.41, 5.74) is 2.42. The number of benzene rings is 2. The van der Waals surface area contributed by atoms with Crippen molar-refractivity contribution in [2.24, 2.45) is 0 Å². The number of ketones is 1. The second kappa shape index (κ2) is 8.72. The summed E-state index contributed by atoms with van der Waals surface area (Å²) in [5, 5.41) is -0.329. The number of esters is 1. The van der Waals surface area contributed by atoms with Gasteiger partial charge in [-0.1, -0.05) is 17.7 Å². The van der Waals surface area contributed by atoms with Crippen molar-refractivity contribution in [1.29, 1.82) is 0 Å². The van der Waals surface area contributed by atoms with Gasteiger partial charge < -0.3 is 9.47 Å². The van der Waals surface area contributed by atoms with Crippen LogP contribution in [0.1, 0.15) is 35.3 Å². The number of carbonyl (C=O) groups is 2. The number of Topliss-reactive ketones (excluding diaryl/α,β-unsaturated/α-hetero) is 1. The number of hydrogen-bond acceptors (Lipinski definition) is 5. The molecule has 0 saturated heterocycles. The quantitative estimate of drug-likeness (QED) is 0.416. The lowest BCUT2D eigenvalue weighted by Crippen LogP contribution is -2.17. The Morgan fingerprint density at radius 1 is 1.12 bits per heavy atom. The van der Waals surface area contributed by atoms with Crippen LogP contribution >= 0.6 is 11.8 Å². The number of thioether (sulfide) groups is 1. The highest BCUT2D eigenvalue weighted by Crippen LogP contribution is 2.26. The van der Waals surface area contributed by atoms with E-state index in [0.29, 0.717) is 16.9 Å². The second-order valence-corrected chi connectivity index (χ2v) is 7.18. The zero-order chi connectivity index (χ0) is 18.4. The van der Waals surface area contributed by atoms with Gasteiger partial charge in [-0.2, -0.15) is 0 Å². The Kier molecular flexibility index (Phi) is 6.65. The van der Waals surface area contributed by atoms with Crippen molar-refractivity contribution in [2.45, 2.75) is 37.5 Å². The van der Waals surface area contributed by atoms with Gasteiger partial charge in [-0.15, -0.1) is 11.8 Å². The molecule has 0 heterocycles. The third-order valence-corrected chi connectivity index (χ3v) is 4.81. The first-order chi connectivity index (χ1) is 11.9. The maximum atomic E-state index is 12.3. The molecule has 0 aliphatic carbocycles. The van der Waals surface area contributed by atoms with Crippen LogP contribution < -0.4 is 4.74 Å². The van der Waals surface area contributed by atoms with Crippen LogP contribution in [0.3, 0.4) is 0 Å². The molecule has 1 atom stereocenters. The molecule has 0 amide bonds. The molecule has 0 bridgehead atoms. The molecule has 0 aromatic heterocycles. The van der Waals surface area contributed by atoms with Crippen molar-refractivity contribution < 1.29 is 19.1 Å². The largest absolute Gasteiger partial charge is 0.496 e. The van der Waals surface area contributed by atoms with Gasteiger partial charge in [0.25, 0.3) is 0 Å². The average molecular weight is 358 g/mol. The topological polar surface area (TPSA) is 52.6 Å². The molecule has 2 aromatic carbocycles. The molecular formula is C20H22O4S. The van der Waals surface area contributed by atoms with E-state index in [4.69, 9.17) is 9.47 Å². The summed E-state index contributed by atoms with van der Waals surface area (Å²) >= 11 is 1.45. The van der Waals surface area contributed by atoms with E-state index >= 15 is 0 Å². The van der Waals surface area contributed by atoms with E-state index in [0.717, 1.165) is 4.90 Å². The molecule has 132 valence electrons. The van der Waals surface area contributed by atoms with Crippen molar-refractivity contribution in [3.63, 3.8) is 0 Å². The Bertz CT molecular complexity index is 753. The second-order valence-electron chi connectivity index (χ2n) is 5.76. The molecule has 5 heteroatoms. The van der Waals surface area contributed by atoms with Gasteiger partial charge in [0.15, 0.2) is 5.78 Å². The van der Waals surface area contributed by atoms with Crippen molar-refractivity contribution in [1.82, 2.24) is 0 Å². The van der Waals surface area contributed by atoms with Gasteiger partial charge in [0.1, 0.15) is 17.6 Å². The molecule has 2 rings (SSSR count). The summed E-state index contributed by atoms with van der Waals surface area (Å²) in [7, 11) is 1.55. The lowest BCUT2D eigenvalue weighted by Gasteiger charge is -2.14. The van der Waals surface area contributed by atoms with E-state index in [1.165, 1.54) is 24.2 Å². The first kappa shape index (κ1) is 19.1. The summed E-state index contributed by atoms with van der Waals surface area (Å²) in [5.74, 6) is 0.246. The number of methoxy groups -OCH3 is 1. The third kappa shape index (κ3) is 5.36. The van der Waals surface area contributed by atoms with Crippen LogP contribution in [0, 0.1) is 6.92 Å². The van der Waals surface area contributed by atoms with E-state index in [2.05, 4.69) is 0 Å². The molecular weight excluding hydrogens is 336 g/mol. The van der Waals surface area contributed by atoms with Crippen LogP contribution in [0.5, 0.6) is 5.75 Å². The lowest BCUT2D eigenvalue weighted by atomic mass is 10.1. The summed E-state index contributed by atoms with van der Waals surface area (Å²) < 4.78 is 10.7. The fraction of sp³-hybridized carbons (Fsp3) is 0.300. The molecule has 0 radical (unpaired) electrons. The van der Waals surface area contributed by atoms with Crippen LogP contribution in [0.4, 0.5) is 0 Å². The van der Waals surface area contributed by atoms with Crippen molar-refractivity contribution in [2.75, 3.05) is 7.11 Å². The lowest BCUT2D eigenvalue weighted by molar-refractivity contribution is -0.143. The number of ether oxygens (including phenoxy) is 2. The van der Waals surface area contributed by atoms with Crippen LogP contribution in [0.25, 0.3) is 0 Å². The van der Waals surface area contributed by atoms with Gasteiger partial charge in [0.05, 0.1) is 7.11 Å². The highest BCUT2D eigenvalue weighted by Gasteiger charge is 2.17. The summed E-state index contributed by atoms with van der Waals surface area (Å²) in [6.45, 7) is 5.41. The van der Waals surface area contributed by atoms with Gasteiger partial charge in [0, 0.05) is 16.0 Å². The van der Waals surface area contributed by atoms with E-state index < -0.39 is 0 Å². The molecule has 0 unspecified atom stereocenters. The van der Waals surface area contributed by atoms with Crippen LogP contribution in [-0.2, 0) is 16.1 Å². The molecule has 0 saturated carbocycles. The molecule has 0 spiro atoms. The van der Waals surface area contributed by atoms with Gasteiger partial charge in [-0.05, 0) is 51.1 Å². The summed E-state index contributed by atoms with van der Waals surface area (Å²) in [6, 6.07) is 13.1. The standard InChI is InChI=1S/C20H22O4S/c1-13-5-8-18(9-6-13)25-15(3)20(22)24-12-17-11-16(14(2)21)7-10-19(17)23-4/h5-11,15H,12H2,1-4H3/t15-/m0/s1. The van der Waals surface area contributed by atoms with Crippen molar-refractivity contribution in [3.8, 4) is 5.75 Å². The van der Waals surface area contributed by atoms with Crippen LogP contribution in [-0.4, -0.2) is 24.1 Å². The van der Waals surface area contributed by atoms with Crippen molar-refractivity contribution >= 4 is 23.5 Å². The van der Waals surface area contributed by atoms with Crippen molar-refractivity contribution in [3.05, 3.63) is 59.2 Å². The molecule has 2 aromatic rings. The monoisotopic (exact) mass is 358 g/mol. The highest BCUT2D eigenvalue weighted by atomic mass is 32.2. The molecule has 0 fully saturated rings. The first-order valence-corrected chi connectivity index (χ1v) is 8.86. The molecule has 4 nitrogen and oxygen atoms in total. The summed E-state index contributed by atoms with van der Waals surface area (Å²) in [6.07, 6.45) is 0. The average Bonchev–Trinajstić information content (AvgIpc) is 2.61. The molecule has 0 aliphatic rings. The highest BCUT2D eigenvalue weighted by molar-refractivity contribution is 8.00. The zero-order valence-corrected chi connectivity index (χ0v) is 15.7. The minimum atomic E-state index is -0.329. The van der Waals surface area contributed by atoms with Crippen LogP contribution in [0.15, 0.2) is 47.4 Å². The van der Waals surface area contributed by atoms with E-state index in [-0.39, 0.29) is 23.6 Å². The number of carbonyl (C=O) groups excluding carboxylic acids is 2. The summed E-state index contributed by atoms with van der Waals surface area (Å²) in [4.78, 5) is 24.8. The Morgan fingerprint density at radius 2 is 1.80 bits per heavy atom. The minimum Gasteiger partial charge on any atom is -0.496 e. The Balaban J connectivity index is 2.00. The van der Waals surface area contributed by atoms with E-state index in [1.54, 1.807) is 25.3 Å². The van der Waals surface area contributed by atoms with Gasteiger partial charge in [-0.3, -0.25) is 9.59 Å². The SMILES string of the molecule is COc1ccc(C(C)=O)cc1COC(=O)[C@H](C)Sc1ccc(C)cc1. The normalized spacial score (nSPS) is 11.7. The fourth-order valence-electron chi connectivity index (χ4n) is 2.25. The molecule has 25 heavy (non-hydrogen) atoms. The van der Waals surface area contributed by atoms with E-state index in [9.17, 15) is 9.59 Å². The van der Waals surface area contributed by atoms with Gasteiger partial charge in [0.2, 0.25) is 0 Å². The first-order valence-electron chi connectivity index (χ1n) is 7.98. The number of rotatable bonds is 7. The zero-order valence-electron chi connectivity index (χ0n) is 14.9. The predicted molar refractivity (Wildman–Crippen MR) is 99.3 cm³/mol.